The predicted octanol–water partition coefficient (Wildman–Crippen LogP) is 2.48. The van der Waals surface area contributed by atoms with Crippen molar-refractivity contribution in [2.45, 2.75) is 20.1 Å². The molecule has 0 fully saturated rings. The number of fused-ring (bicyclic) bond motifs is 1. The Balaban J connectivity index is 1.49. The molecule has 0 bridgehead atoms. The molecule has 0 saturated heterocycles. The summed E-state index contributed by atoms with van der Waals surface area (Å²) in [5.74, 6) is 1.16. The van der Waals surface area contributed by atoms with Gasteiger partial charge in [0.1, 0.15) is 12.4 Å². The highest BCUT2D eigenvalue weighted by atomic mass is 16.5. The fourth-order valence-corrected chi connectivity index (χ4v) is 3.40. The quantitative estimate of drug-likeness (QED) is 0.358. The molecule has 2 heterocycles. The summed E-state index contributed by atoms with van der Waals surface area (Å²) >= 11 is 0. The summed E-state index contributed by atoms with van der Waals surface area (Å²) in [7, 11) is 3.04. The number of benzene rings is 2. The van der Waals surface area contributed by atoms with Gasteiger partial charge in [-0.25, -0.2) is 10.2 Å². The smallest absolute Gasteiger partial charge is 0.332 e. The van der Waals surface area contributed by atoms with Crippen molar-refractivity contribution < 1.29 is 4.74 Å². The summed E-state index contributed by atoms with van der Waals surface area (Å²) in [4.78, 5) is 29.2. The van der Waals surface area contributed by atoms with E-state index in [4.69, 9.17) is 4.74 Å². The van der Waals surface area contributed by atoms with E-state index >= 15 is 0 Å². The molecule has 0 aliphatic rings. The number of nitrogens with zero attached hydrogens (tertiary/aromatic N) is 5. The molecule has 0 aliphatic carbocycles. The second kappa shape index (κ2) is 8.93. The first kappa shape index (κ1) is 21.1. The molecule has 2 aromatic heterocycles. The first-order chi connectivity index (χ1) is 15.5. The number of ether oxygens (including phenoxy) is 1. The summed E-state index contributed by atoms with van der Waals surface area (Å²) in [5.41, 5.74) is 4.72. The molecule has 32 heavy (non-hydrogen) atoms. The minimum atomic E-state index is -0.423. The number of anilines is 1. The number of hydrogen-bond acceptors (Lipinski definition) is 6. The summed E-state index contributed by atoms with van der Waals surface area (Å²) in [6.45, 7) is 2.90. The van der Waals surface area contributed by atoms with E-state index in [1.807, 2.05) is 61.5 Å². The monoisotopic (exact) mass is 432 g/mol. The van der Waals surface area contributed by atoms with E-state index in [1.54, 1.807) is 17.8 Å². The zero-order valence-corrected chi connectivity index (χ0v) is 18.1. The van der Waals surface area contributed by atoms with E-state index in [9.17, 15) is 9.59 Å². The number of imidazole rings is 1. The Kier molecular flexibility index (Phi) is 5.89. The average Bonchev–Trinajstić information content (AvgIpc) is 3.20. The van der Waals surface area contributed by atoms with E-state index in [2.05, 4.69) is 15.5 Å². The zero-order chi connectivity index (χ0) is 22.7. The van der Waals surface area contributed by atoms with Crippen LogP contribution in [0.2, 0.25) is 0 Å². The van der Waals surface area contributed by atoms with Gasteiger partial charge in [0.25, 0.3) is 5.56 Å². The average molecular weight is 432 g/mol. The number of rotatable bonds is 7. The van der Waals surface area contributed by atoms with E-state index in [0.29, 0.717) is 30.3 Å². The van der Waals surface area contributed by atoms with Crippen LogP contribution < -0.4 is 21.4 Å². The molecule has 4 rings (SSSR count). The first-order valence-corrected chi connectivity index (χ1v) is 10.2. The van der Waals surface area contributed by atoms with Crippen LogP contribution in [-0.2, 0) is 27.2 Å². The number of aryl methyl sites for hydroxylation is 2. The lowest BCUT2D eigenvalue weighted by Crippen LogP contribution is -2.37. The van der Waals surface area contributed by atoms with Crippen molar-refractivity contribution in [3.8, 4) is 5.75 Å². The van der Waals surface area contributed by atoms with Gasteiger partial charge >= 0.3 is 5.69 Å². The zero-order valence-electron chi connectivity index (χ0n) is 18.1. The molecule has 9 nitrogen and oxygen atoms in total. The SMILES string of the molecule is CCn1c(N/N=C/c2ccc(OCc3ccccc3)cc2)nc2c1c(=O)n(C)c(=O)n2C. The van der Waals surface area contributed by atoms with Crippen LogP contribution in [0.15, 0.2) is 69.3 Å². The molecule has 0 aliphatic heterocycles. The van der Waals surface area contributed by atoms with E-state index in [-0.39, 0.29) is 5.56 Å². The second-order valence-electron chi connectivity index (χ2n) is 7.27. The molecule has 0 radical (unpaired) electrons. The maximum atomic E-state index is 12.6. The predicted molar refractivity (Wildman–Crippen MR) is 124 cm³/mol. The molecule has 0 atom stereocenters. The molecule has 4 aromatic rings. The molecule has 164 valence electrons. The Hall–Kier alpha value is -4.14. The van der Waals surface area contributed by atoms with Gasteiger partial charge in [-0.2, -0.15) is 10.1 Å². The lowest BCUT2D eigenvalue weighted by molar-refractivity contribution is 0.306. The van der Waals surface area contributed by atoms with Gasteiger partial charge < -0.3 is 9.30 Å². The number of hydrazone groups is 1. The third-order valence-corrected chi connectivity index (χ3v) is 5.17. The molecular weight excluding hydrogens is 408 g/mol. The van der Waals surface area contributed by atoms with Crippen molar-refractivity contribution in [3.05, 3.63) is 86.6 Å². The number of nitrogens with one attached hydrogen (secondary N) is 1. The third kappa shape index (κ3) is 4.04. The van der Waals surface area contributed by atoms with Gasteiger partial charge in [0.05, 0.1) is 6.21 Å². The van der Waals surface area contributed by atoms with Gasteiger partial charge in [-0.05, 0) is 42.3 Å². The van der Waals surface area contributed by atoms with Crippen molar-refractivity contribution in [2.75, 3.05) is 5.43 Å². The van der Waals surface area contributed by atoms with E-state index in [0.717, 1.165) is 21.4 Å². The second-order valence-corrected chi connectivity index (χ2v) is 7.27. The van der Waals surface area contributed by atoms with Crippen molar-refractivity contribution in [2.24, 2.45) is 19.2 Å². The van der Waals surface area contributed by atoms with Crippen LogP contribution in [0.25, 0.3) is 11.2 Å². The fraction of sp³-hybridized carbons (Fsp3) is 0.217. The van der Waals surface area contributed by atoms with Crippen molar-refractivity contribution in [1.29, 1.82) is 0 Å². The molecule has 2 aromatic carbocycles. The van der Waals surface area contributed by atoms with Crippen LogP contribution in [0.1, 0.15) is 18.1 Å². The lowest BCUT2D eigenvalue weighted by Gasteiger charge is -2.06. The highest BCUT2D eigenvalue weighted by Gasteiger charge is 2.17. The largest absolute Gasteiger partial charge is 0.489 e. The summed E-state index contributed by atoms with van der Waals surface area (Å²) in [6.07, 6.45) is 1.65. The molecule has 9 heteroatoms. The lowest BCUT2D eigenvalue weighted by atomic mass is 10.2. The highest BCUT2D eigenvalue weighted by molar-refractivity contribution is 5.80. The number of hydrogen-bond donors (Lipinski definition) is 1. The third-order valence-electron chi connectivity index (χ3n) is 5.17. The molecule has 1 N–H and O–H groups in total. The van der Waals surface area contributed by atoms with Crippen LogP contribution in [0.5, 0.6) is 5.75 Å². The Morgan fingerprint density at radius 2 is 1.75 bits per heavy atom. The molecule has 0 amide bonds. The highest BCUT2D eigenvalue weighted by Crippen LogP contribution is 2.16. The van der Waals surface area contributed by atoms with Crippen molar-refractivity contribution >= 4 is 23.3 Å². The number of aromatic nitrogens is 4. The molecule has 0 saturated carbocycles. The molecule has 0 spiro atoms. The topological polar surface area (TPSA) is 95.4 Å². The summed E-state index contributed by atoms with van der Waals surface area (Å²) in [5, 5.41) is 4.25. The Morgan fingerprint density at radius 3 is 2.44 bits per heavy atom. The Labute approximate surface area is 184 Å². The van der Waals surface area contributed by atoms with Gasteiger partial charge in [0, 0.05) is 20.6 Å². The van der Waals surface area contributed by atoms with Crippen LogP contribution >= 0.6 is 0 Å². The van der Waals surface area contributed by atoms with Gasteiger partial charge in [0.15, 0.2) is 11.2 Å². The van der Waals surface area contributed by atoms with E-state index < -0.39 is 5.69 Å². The van der Waals surface area contributed by atoms with Crippen LogP contribution in [0.3, 0.4) is 0 Å². The maximum Gasteiger partial charge on any atom is 0.332 e. The van der Waals surface area contributed by atoms with Crippen molar-refractivity contribution in [1.82, 2.24) is 18.7 Å². The fourth-order valence-electron chi connectivity index (χ4n) is 3.40. The summed E-state index contributed by atoms with van der Waals surface area (Å²) in [6, 6.07) is 17.5. The minimum Gasteiger partial charge on any atom is -0.489 e. The van der Waals surface area contributed by atoms with Gasteiger partial charge in [-0.3, -0.25) is 13.9 Å². The summed E-state index contributed by atoms with van der Waals surface area (Å²) < 4.78 is 9.92. The Morgan fingerprint density at radius 1 is 1.03 bits per heavy atom. The standard InChI is InChI=1S/C23H24N6O3/c1-4-29-19-20(27(2)23(31)28(3)21(19)30)25-22(29)26-24-14-16-10-12-18(13-11-16)32-15-17-8-6-5-7-9-17/h5-14H,4,15H2,1-3H3,(H,25,26)/b24-14+. The van der Waals surface area contributed by atoms with Gasteiger partial charge in [-0.1, -0.05) is 30.3 Å². The van der Waals surface area contributed by atoms with Crippen LogP contribution in [0, 0.1) is 0 Å². The first-order valence-electron chi connectivity index (χ1n) is 10.2. The molecule has 0 unspecified atom stereocenters. The minimum absolute atomic E-state index is 0.317. The van der Waals surface area contributed by atoms with Crippen LogP contribution in [0.4, 0.5) is 5.95 Å². The van der Waals surface area contributed by atoms with Crippen LogP contribution in [-0.4, -0.2) is 24.9 Å². The van der Waals surface area contributed by atoms with Crippen molar-refractivity contribution in [3.63, 3.8) is 0 Å². The maximum absolute atomic E-state index is 12.6. The van der Waals surface area contributed by atoms with E-state index in [1.165, 1.54) is 11.6 Å². The normalized spacial score (nSPS) is 11.3. The van der Waals surface area contributed by atoms with Gasteiger partial charge in [-0.15, -0.1) is 0 Å². The molecular formula is C23H24N6O3. The van der Waals surface area contributed by atoms with Gasteiger partial charge in [0.2, 0.25) is 5.95 Å². The Bertz CT molecular complexity index is 1380.